The quantitative estimate of drug-likeness (QED) is 0.846. The van der Waals surface area contributed by atoms with E-state index >= 15 is 0 Å². The smallest absolute Gasteiger partial charge is 0.160 e. The van der Waals surface area contributed by atoms with Crippen LogP contribution in [-0.4, -0.2) is 42.8 Å². The first-order chi connectivity index (χ1) is 10.0. The molecule has 4 nitrogen and oxygen atoms in total. The van der Waals surface area contributed by atoms with E-state index in [-0.39, 0.29) is 11.8 Å². The van der Waals surface area contributed by atoms with Crippen molar-refractivity contribution in [2.24, 2.45) is 5.92 Å². The fourth-order valence-corrected chi connectivity index (χ4v) is 2.92. The number of ether oxygens (including phenoxy) is 1. The molecule has 0 radical (unpaired) electrons. The van der Waals surface area contributed by atoms with Gasteiger partial charge in [-0.25, -0.2) is 0 Å². The lowest BCUT2D eigenvalue weighted by molar-refractivity contribution is 0.263. The summed E-state index contributed by atoms with van der Waals surface area (Å²) in [5, 5.41) is 13.3. The highest BCUT2D eigenvalue weighted by atomic mass is 16.5. The van der Waals surface area contributed by atoms with Crippen LogP contribution in [0.3, 0.4) is 0 Å². The molecule has 0 aliphatic carbocycles. The second kappa shape index (κ2) is 7.14. The van der Waals surface area contributed by atoms with E-state index in [9.17, 15) is 5.11 Å². The normalized spacial score (nSPS) is 20.9. The van der Waals surface area contributed by atoms with Gasteiger partial charge in [0.15, 0.2) is 11.5 Å². The van der Waals surface area contributed by atoms with E-state index in [1.54, 1.807) is 13.2 Å². The van der Waals surface area contributed by atoms with Crippen LogP contribution in [0.4, 0.5) is 0 Å². The number of benzene rings is 1. The molecule has 1 heterocycles. The highest BCUT2D eigenvalue weighted by Gasteiger charge is 2.24. The summed E-state index contributed by atoms with van der Waals surface area (Å²) in [6.45, 7) is 10.1. The first-order valence-corrected chi connectivity index (χ1v) is 7.85. The molecule has 2 N–H and O–H groups in total. The van der Waals surface area contributed by atoms with Gasteiger partial charge < -0.3 is 20.1 Å². The van der Waals surface area contributed by atoms with Gasteiger partial charge in [0.05, 0.1) is 7.11 Å². The molecule has 0 bridgehead atoms. The van der Waals surface area contributed by atoms with Crippen LogP contribution in [0.25, 0.3) is 0 Å². The van der Waals surface area contributed by atoms with Crippen LogP contribution in [-0.2, 0) is 0 Å². The van der Waals surface area contributed by atoms with Crippen LogP contribution < -0.4 is 10.1 Å². The van der Waals surface area contributed by atoms with Crippen LogP contribution in [0.5, 0.6) is 11.5 Å². The van der Waals surface area contributed by atoms with Crippen LogP contribution in [0.2, 0.25) is 0 Å². The number of hydrogen-bond acceptors (Lipinski definition) is 4. The van der Waals surface area contributed by atoms with E-state index in [2.05, 4.69) is 31.0 Å². The van der Waals surface area contributed by atoms with Crippen molar-refractivity contribution >= 4 is 0 Å². The number of phenols is 1. The molecule has 1 saturated heterocycles. The summed E-state index contributed by atoms with van der Waals surface area (Å²) in [6, 6.07) is 6.45. The maximum atomic E-state index is 9.65. The molecule has 1 aromatic carbocycles. The average molecular weight is 292 g/mol. The molecule has 118 valence electrons. The third kappa shape index (κ3) is 4.11. The Balaban J connectivity index is 1.86. The van der Waals surface area contributed by atoms with Gasteiger partial charge in [-0.05, 0) is 63.9 Å². The van der Waals surface area contributed by atoms with E-state index in [0.29, 0.717) is 11.8 Å². The molecule has 2 rings (SSSR count). The van der Waals surface area contributed by atoms with E-state index in [1.807, 2.05) is 12.1 Å². The Hall–Kier alpha value is -1.26. The zero-order chi connectivity index (χ0) is 15.4. The minimum absolute atomic E-state index is 0.191. The molecule has 0 amide bonds. The van der Waals surface area contributed by atoms with Crippen molar-refractivity contribution in [1.82, 2.24) is 10.2 Å². The van der Waals surface area contributed by atoms with Crippen LogP contribution >= 0.6 is 0 Å². The highest BCUT2D eigenvalue weighted by Crippen LogP contribution is 2.29. The Kier molecular flexibility index (Phi) is 5.48. The molecule has 2 atom stereocenters. The van der Waals surface area contributed by atoms with Gasteiger partial charge in [0.1, 0.15) is 0 Å². The largest absolute Gasteiger partial charge is 0.504 e. The van der Waals surface area contributed by atoms with Gasteiger partial charge in [0.25, 0.3) is 0 Å². The van der Waals surface area contributed by atoms with Crippen molar-refractivity contribution in [3.8, 4) is 11.5 Å². The zero-order valence-corrected chi connectivity index (χ0v) is 13.6. The number of rotatable bonds is 6. The standard InChI is InChI=1S/C17H28N2O2/c1-12(2)19-8-7-14(11-19)10-18-13(3)15-5-6-16(20)17(9-15)21-4/h5-6,9,12-14,18,20H,7-8,10-11H2,1-4H3. The van der Waals surface area contributed by atoms with Crippen LogP contribution in [0.1, 0.15) is 38.8 Å². The van der Waals surface area contributed by atoms with Crippen molar-refractivity contribution < 1.29 is 9.84 Å². The maximum absolute atomic E-state index is 9.65. The predicted octanol–water partition coefficient (Wildman–Crippen LogP) is 2.78. The van der Waals surface area contributed by atoms with Gasteiger partial charge in [-0.1, -0.05) is 6.07 Å². The third-order valence-corrected chi connectivity index (χ3v) is 4.46. The van der Waals surface area contributed by atoms with Crippen molar-refractivity contribution in [2.45, 2.75) is 39.3 Å². The van der Waals surface area contributed by atoms with E-state index < -0.39 is 0 Å². The van der Waals surface area contributed by atoms with Crippen LogP contribution in [0.15, 0.2) is 18.2 Å². The molecule has 21 heavy (non-hydrogen) atoms. The molecule has 0 aromatic heterocycles. The Morgan fingerprint density at radius 1 is 1.38 bits per heavy atom. The van der Waals surface area contributed by atoms with Gasteiger partial charge in [0, 0.05) is 18.6 Å². The molecular formula is C17H28N2O2. The Labute approximate surface area is 128 Å². The van der Waals surface area contributed by atoms with Crippen molar-refractivity contribution in [1.29, 1.82) is 0 Å². The van der Waals surface area contributed by atoms with Crippen molar-refractivity contribution in [2.75, 3.05) is 26.7 Å². The highest BCUT2D eigenvalue weighted by molar-refractivity contribution is 5.42. The molecule has 4 heteroatoms. The number of nitrogens with zero attached hydrogens (tertiary/aromatic N) is 1. The minimum atomic E-state index is 0.191. The molecular weight excluding hydrogens is 264 g/mol. The maximum Gasteiger partial charge on any atom is 0.160 e. The molecule has 2 unspecified atom stereocenters. The second-order valence-corrected chi connectivity index (χ2v) is 6.30. The van der Waals surface area contributed by atoms with Crippen LogP contribution in [0, 0.1) is 5.92 Å². The first-order valence-electron chi connectivity index (χ1n) is 7.85. The zero-order valence-electron chi connectivity index (χ0n) is 13.6. The van der Waals surface area contributed by atoms with Gasteiger partial charge in [-0.15, -0.1) is 0 Å². The number of likely N-dealkylation sites (tertiary alicyclic amines) is 1. The molecule has 1 aliphatic rings. The lowest BCUT2D eigenvalue weighted by Crippen LogP contribution is -2.31. The summed E-state index contributed by atoms with van der Waals surface area (Å²) in [7, 11) is 1.58. The number of aromatic hydroxyl groups is 1. The summed E-state index contributed by atoms with van der Waals surface area (Å²) >= 11 is 0. The number of nitrogens with one attached hydrogen (secondary N) is 1. The van der Waals surface area contributed by atoms with Gasteiger partial charge >= 0.3 is 0 Å². The van der Waals surface area contributed by atoms with E-state index in [0.717, 1.165) is 18.0 Å². The lowest BCUT2D eigenvalue weighted by Gasteiger charge is -2.21. The van der Waals surface area contributed by atoms with Crippen molar-refractivity contribution in [3.63, 3.8) is 0 Å². The molecule has 1 aromatic rings. The summed E-state index contributed by atoms with van der Waals surface area (Å²) in [4.78, 5) is 2.54. The number of methoxy groups -OCH3 is 1. The van der Waals surface area contributed by atoms with E-state index in [1.165, 1.54) is 19.5 Å². The summed E-state index contributed by atoms with van der Waals surface area (Å²) in [5.74, 6) is 1.46. The average Bonchev–Trinajstić information content (AvgIpc) is 2.94. The summed E-state index contributed by atoms with van der Waals surface area (Å²) in [6.07, 6.45) is 1.27. The summed E-state index contributed by atoms with van der Waals surface area (Å²) < 4.78 is 5.17. The van der Waals surface area contributed by atoms with E-state index in [4.69, 9.17) is 4.74 Å². The first kappa shape index (κ1) is 16.1. The lowest BCUT2D eigenvalue weighted by atomic mass is 10.1. The fraction of sp³-hybridized carbons (Fsp3) is 0.647. The van der Waals surface area contributed by atoms with Gasteiger partial charge in [-0.2, -0.15) is 0 Å². The van der Waals surface area contributed by atoms with Gasteiger partial charge in [-0.3, -0.25) is 0 Å². The number of hydrogen-bond donors (Lipinski definition) is 2. The van der Waals surface area contributed by atoms with Crippen molar-refractivity contribution in [3.05, 3.63) is 23.8 Å². The topological polar surface area (TPSA) is 44.7 Å². The molecule has 1 aliphatic heterocycles. The SMILES string of the molecule is COc1cc(C(C)NCC2CCN(C(C)C)C2)ccc1O. The van der Waals surface area contributed by atoms with Gasteiger partial charge in [0.2, 0.25) is 0 Å². The minimum Gasteiger partial charge on any atom is -0.504 e. The fourth-order valence-electron chi connectivity index (χ4n) is 2.92. The Morgan fingerprint density at radius 3 is 2.76 bits per heavy atom. The molecule has 0 spiro atoms. The number of phenolic OH excluding ortho intramolecular Hbond substituents is 1. The summed E-state index contributed by atoms with van der Waals surface area (Å²) in [5.41, 5.74) is 1.14. The molecule has 0 saturated carbocycles. The Bertz CT molecular complexity index is 462. The predicted molar refractivity (Wildman–Crippen MR) is 85.9 cm³/mol. The molecule has 1 fully saturated rings. The second-order valence-electron chi connectivity index (χ2n) is 6.30. The Morgan fingerprint density at radius 2 is 2.14 bits per heavy atom. The monoisotopic (exact) mass is 292 g/mol. The third-order valence-electron chi connectivity index (χ3n) is 4.46.